The van der Waals surface area contributed by atoms with Crippen LogP contribution in [0.4, 0.5) is 0 Å². The van der Waals surface area contributed by atoms with E-state index in [1.807, 2.05) is 0 Å². The molecule has 0 saturated carbocycles. The van der Waals surface area contributed by atoms with Gasteiger partial charge in [-0.2, -0.15) is 0 Å². The van der Waals surface area contributed by atoms with Crippen LogP contribution >= 0.6 is 0 Å². The molecule has 2 nitrogen and oxygen atoms in total. The molecule has 0 spiro atoms. The van der Waals surface area contributed by atoms with Crippen LogP contribution in [0.5, 0.6) is 0 Å². The minimum absolute atomic E-state index is 0.205. The zero-order chi connectivity index (χ0) is 7.65. The summed E-state index contributed by atoms with van der Waals surface area (Å²) in [6.07, 6.45) is 0. The Morgan fingerprint density at radius 3 is 1.78 bits per heavy atom. The van der Waals surface area contributed by atoms with E-state index in [1.54, 1.807) is 6.92 Å². The van der Waals surface area contributed by atoms with Crippen LogP contribution in [0.15, 0.2) is 0 Å². The maximum atomic E-state index is 10.3. The molecule has 0 N–H and O–H groups in total. The van der Waals surface area contributed by atoms with Crippen LogP contribution in [0, 0.1) is 0 Å². The van der Waals surface area contributed by atoms with Crippen molar-refractivity contribution < 1.29 is 9.90 Å². The summed E-state index contributed by atoms with van der Waals surface area (Å²) in [5.74, 6) is -0.894. The van der Waals surface area contributed by atoms with Crippen molar-refractivity contribution in [2.75, 3.05) is 0 Å². The molecule has 54 valence electrons. The molecule has 3 heteroatoms. The summed E-state index contributed by atoms with van der Waals surface area (Å²) in [6, 6.07) is 0. The number of aliphatic carboxylic acids is 1. The Labute approximate surface area is 58.7 Å². The first-order valence-corrected chi connectivity index (χ1v) is 9.59. The molecule has 9 heavy (non-hydrogen) atoms. The Bertz CT molecular complexity index is 115. The van der Waals surface area contributed by atoms with Gasteiger partial charge in [0.15, 0.2) is 0 Å². The van der Waals surface area contributed by atoms with E-state index in [1.165, 1.54) is 0 Å². The summed E-state index contributed by atoms with van der Waals surface area (Å²) in [5.41, 5.74) is 6.16. The van der Waals surface area contributed by atoms with E-state index in [2.05, 4.69) is 17.1 Å². The Morgan fingerprint density at radius 1 is 1.44 bits per heavy atom. The van der Waals surface area contributed by atoms with Gasteiger partial charge in [0, 0.05) is 0 Å². The molecule has 0 aromatic rings. The van der Waals surface area contributed by atoms with Gasteiger partial charge in [0.2, 0.25) is 0 Å². The van der Waals surface area contributed by atoms with Crippen LogP contribution < -0.4 is 5.11 Å². The molecule has 0 aliphatic rings. The zero-order valence-electron chi connectivity index (χ0n) is 6.34. The van der Waals surface area contributed by atoms with Gasteiger partial charge in [-0.25, -0.2) is 0 Å². The molecule has 1 atom stereocenters. The van der Waals surface area contributed by atoms with E-state index >= 15 is 0 Å². The fourth-order valence-electron chi connectivity index (χ4n) is 0.316. The summed E-state index contributed by atoms with van der Waals surface area (Å²) in [5, 5.41) is 10.3. The van der Waals surface area contributed by atoms with Crippen molar-refractivity contribution >= 4 is 19.5 Å². The monoisotopic (exact) mass is 192 g/mol. The number of hydrogen-bond donors (Lipinski definition) is 0. The zero-order valence-corrected chi connectivity index (χ0v) is 8.22. The van der Waals surface area contributed by atoms with Gasteiger partial charge in [-0.1, -0.05) is 0 Å². The molecule has 0 fully saturated rings. The van der Waals surface area contributed by atoms with Gasteiger partial charge in [-0.05, 0) is 0 Å². The third-order valence-corrected chi connectivity index (χ3v) is 6.82. The van der Waals surface area contributed by atoms with Crippen LogP contribution in [0.1, 0.15) is 6.92 Å². The third kappa shape index (κ3) is 2.90. The van der Waals surface area contributed by atoms with Crippen molar-refractivity contribution in [3.63, 3.8) is 0 Å². The first kappa shape index (κ1) is 9.03. The number of rotatable bonds is 2. The molecule has 0 bridgehead atoms. The Hall–Kier alpha value is 0.0284. The SMILES string of the molecule is CC(C(=O)[O-])[As+](C)(C)C. The van der Waals surface area contributed by atoms with Crippen molar-refractivity contribution in [1.82, 2.24) is 0 Å². The maximum absolute atomic E-state index is 10.3. The molecule has 0 radical (unpaired) electrons. The van der Waals surface area contributed by atoms with Crippen LogP contribution in [0.3, 0.4) is 0 Å². The summed E-state index contributed by atoms with van der Waals surface area (Å²) in [7, 11) is 0. The Morgan fingerprint density at radius 2 is 1.78 bits per heavy atom. The fraction of sp³-hybridized carbons (Fsp3) is 0.833. The Balaban J connectivity index is 4.04. The third-order valence-electron chi connectivity index (χ3n) is 1.50. The fourth-order valence-corrected chi connectivity index (χ4v) is 1.64. The molecule has 0 aromatic heterocycles. The van der Waals surface area contributed by atoms with Crippen molar-refractivity contribution in [3.05, 3.63) is 0 Å². The molecular formula is C6H13AsO2. The first-order chi connectivity index (χ1) is 3.85. The normalized spacial score (nSPS) is 15.1. The predicted octanol–water partition coefficient (Wildman–Crippen LogP) is 0.465. The second-order valence-electron chi connectivity index (χ2n) is 3.11. The van der Waals surface area contributed by atoms with E-state index < -0.39 is 19.5 Å². The summed E-state index contributed by atoms with van der Waals surface area (Å²) < 4.78 is -0.205. The molecule has 1 unspecified atom stereocenters. The molecule has 0 aromatic carbocycles. The van der Waals surface area contributed by atoms with Crippen LogP contribution in [-0.4, -0.2) is 19.5 Å². The summed E-state index contributed by atoms with van der Waals surface area (Å²) in [6.45, 7) is 1.74. The van der Waals surface area contributed by atoms with Crippen molar-refractivity contribution in [3.8, 4) is 0 Å². The van der Waals surface area contributed by atoms with E-state index in [9.17, 15) is 9.90 Å². The number of hydrogen-bond acceptors (Lipinski definition) is 2. The van der Waals surface area contributed by atoms with Crippen LogP contribution in [0.2, 0.25) is 21.8 Å². The molecular weight excluding hydrogens is 179 g/mol. The van der Waals surface area contributed by atoms with E-state index in [4.69, 9.17) is 0 Å². The van der Waals surface area contributed by atoms with Gasteiger partial charge in [-0.15, -0.1) is 0 Å². The quantitative estimate of drug-likeness (QED) is 0.596. The molecule has 0 aliphatic heterocycles. The van der Waals surface area contributed by atoms with E-state index in [-0.39, 0.29) is 4.71 Å². The standard InChI is InChI=1S/C6H13AsO2/c1-5(6(8)9)7(2,3)4/h5H,1-4H3. The van der Waals surface area contributed by atoms with Crippen LogP contribution in [-0.2, 0) is 4.79 Å². The molecule has 0 amide bonds. The van der Waals surface area contributed by atoms with Gasteiger partial charge in [0.25, 0.3) is 0 Å². The molecule has 0 rings (SSSR count). The van der Waals surface area contributed by atoms with Crippen molar-refractivity contribution in [1.29, 1.82) is 0 Å². The van der Waals surface area contributed by atoms with Gasteiger partial charge in [0.1, 0.15) is 0 Å². The van der Waals surface area contributed by atoms with Crippen LogP contribution in [0.25, 0.3) is 0 Å². The second-order valence-corrected chi connectivity index (χ2v) is 13.6. The average Bonchev–Trinajstić information content (AvgIpc) is 1.62. The first-order valence-electron chi connectivity index (χ1n) is 2.87. The number of carboxylic acids is 1. The number of carbonyl (C=O) groups excluding carboxylic acids is 1. The number of carbonyl (C=O) groups is 1. The van der Waals surface area contributed by atoms with Gasteiger partial charge >= 0.3 is 58.2 Å². The van der Waals surface area contributed by atoms with Gasteiger partial charge < -0.3 is 0 Å². The topological polar surface area (TPSA) is 40.1 Å². The van der Waals surface area contributed by atoms with E-state index in [0.717, 1.165) is 0 Å². The predicted molar refractivity (Wildman–Crippen MR) is 37.8 cm³/mol. The molecule has 0 aliphatic carbocycles. The van der Waals surface area contributed by atoms with Gasteiger partial charge in [-0.3, -0.25) is 0 Å². The summed E-state index contributed by atoms with van der Waals surface area (Å²) >= 11 is -1.80. The average molecular weight is 192 g/mol. The van der Waals surface area contributed by atoms with E-state index in [0.29, 0.717) is 0 Å². The number of carboxylic acid groups (broad SMARTS) is 1. The molecule has 0 saturated heterocycles. The van der Waals surface area contributed by atoms with Crippen molar-refractivity contribution in [2.45, 2.75) is 28.8 Å². The minimum atomic E-state index is -1.80. The summed E-state index contributed by atoms with van der Waals surface area (Å²) in [4.78, 5) is 10.3. The second kappa shape index (κ2) is 2.74. The van der Waals surface area contributed by atoms with Crippen molar-refractivity contribution in [2.24, 2.45) is 0 Å². The Kier molecular flexibility index (Phi) is 2.75. The molecule has 0 heterocycles. The van der Waals surface area contributed by atoms with Gasteiger partial charge in [0.05, 0.1) is 0 Å².